The summed E-state index contributed by atoms with van der Waals surface area (Å²) in [6.07, 6.45) is 5.04. The quantitative estimate of drug-likeness (QED) is 0.687. The Hall–Kier alpha value is -2.82. The zero-order valence-corrected chi connectivity index (χ0v) is 12.1. The number of amides is 1. The third-order valence-corrected chi connectivity index (χ3v) is 3.42. The molecule has 1 aromatic carbocycles. The van der Waals surface area contributed by atoms with Crippen LogP contribution in [0.4, 0.5) is 0 Å². The van der Waals surface area contributed by atoms with E-state index in [0.29, 0.717) is 12.1 Å². The van der Waals surface area contributed by atoms with Crippen molar-refractivity contribution in [1.82, 2.24) is 15.5 Å². The molecule has 112 valence electrons. The van der Waals surface area contributed by atoms with E-state index < -0.39 is 0 Å². The van der Waals surface area contributed by atoms with Gasteiger partial charge in [0.05, 0.1) is 12.0 Å². The van der Waals surface area contributed by atoms with E-state index in [1.165, 1.54) is 0 Å². The first kappa shape index (κ1) is 14.1. The van der Waals surface area contributed by atoms with Crippen molar-refractivity contribution in [2.45, 2.75) is 12.8 Å². The van der Waals surface area contributed by atoms with Gasteiger partial charge in [-0.15, -0.1) is 0 Å². The highest BCUT2D eigenvalue weighted by Gasteiger charge is 2.06. The minimum Gasteiger partial charge on any atom is -0.469 e. The van der Waals surface area contributed by atoms with Crippen molar-refractivity contribution >= 4 is 5.91 Å². The van der Waals surface area contributed by atoms with Crippen LogP contribution in [0.2, 0.25) is 0 Å². The van der Waals surface area contributed by atoms with Crippen LogP contribution < -0.4 is 5.32 Å². The van der Waals surface area contributed by atoms with E-state index >= 15 is 0 Å². The maximum Gasteiger partial charge on any atom is 0.251 e. The number of hydrogen-bond acceptors (Lipinski definition) is 3. The highest BCUT2D eigenvalue weighted by Crippen LogP contribution is 2.16. The molecule has 3 rings (SSSR count). The van der Waals surface area contributed by atoms with E-state index in [0.717, 1.165) is 29.9 Å². The normalized spacial score (nSPS) is 10.5. The van der Waals surface area contributed by atoms with Crippen LogP contribution in [0.5, 0.6) is 0 Å². The molecule has 0 fully saturated rings. The lowest BCUT2D eigenvalue weighted by Gasteiger charge is -2.05. The van der Waals surface area contributed by atoms with Crippen molar-refractivity contribution in [2.24, 2.45) is 0 Å². The Kier molecular flexibility index (Phi) is 4.34. The third-order valence-electron chi connectivity index (χ3n) is 3.42. The van der Waals surface area contributed by atoms with Gasteiger partial charge in [-0.1, -0.05) is 12.1 Å². The lowest BCUT2D eigenvalue weighted by Crippen LogP contribution is -2.24. The van der Waals surface area contributed by atoms with Gasteiger partial charge in [-0.2, -0.15) is 5.10 Å². The molecule has 2 aromatic heterocycles. The smallest absolute Gasteiger partial charge is 0.251 e. The Morgan fingerprint density at radius 3 is 2.73 bits per heavy atom. The molecule has 2 N–H and O–H groups in total. The highest BCUT2D eigenvalue weighted by atomic mass is 16.3. The molecule has 0 bridgehead atoms. The number of H-pyrrole nitrogens is 1. The highest BCUT2D eigenvalue weighted by molar-refractivity contribution is 5.94. The number of rotatable bonds is 6. The van der Waals surface area contributed by atoms with Crippen molar-refractivity contribution in [3.8, 4) is 11.3 Å². The van der Waals surface area contributed by atoms with Gasteiger partial charge < -0.3 is 9.73 Å². The summed E-state index contributed by atoms with van der Waals surface area (Å²) in [5.41, 5.74) is 2.60. The van der Waals surface area contributed by atoms with Crippen LogP contribution in [0.25, 0.3) is 11.3 Å². The van der Waals surface area contributed by atoms with E-state index in [-0.39, 0.29) is 5.91 Å². The molecule has 0 aliphatic rings. The first-order valence-corrected chi connectivity index (χ1v) is 7.23. The molecule has 1 amide bonds. The largest absolute Gasteiger partial charge is 0.469 e. The molecule has 0 atom stereocenters. The Morgan fingerprint density at radius 2 is 2.05 bits per heavy atom. The fourth-order valence-corrected chi connectivity index (χ4v) is 2.24. The number of furan rings is 1. The molecule has 0 unspecified atom stereocenters. The average molecular weight is 295 g/mol. The third kappa shape index (κ3) is 3.44. The second-order valence-electron chi connectivity index (χ2n) is 4.99. The zero-order chi connectivity index (χ0) is 15.2. The summed E-state index contributed by atoms with van der Waals surface area (Å²) in [4.78, 5) is 12.0. The maximum absolute atomic E-state index is 12.0. The van der Waals surface area contributed by atoms with Crippen LogP contribution in [0.3, 0.4) is 0 Å². The minimum absolute atomic E-state index is 0.0596. The van der Waals surface area contributed by atoms with Gasteiger partial charge in [-0.3, -0.25) is 9.89 Å². The van der Waals surface area contributed by atoms with Crippen LogP contribution in [0.1, 0.15) is 22.5 Å². The number of nitrogens with one attached hydrogen (secondary N) is 2. The van der Waals surface area contributed by atoms with E-state index in [2.05, 4.69) is 15.5 Å². The molecular formula is C17H17N3O2. The number of carbonyl (C=O) groups excluding carboxylic acids is 1. The predicted octanol–water partition coefficient (Wildman–Crippen LogP) is 3.03. The molecule has 0 aliphatic heterocycles. The summed E-state index contributed by atoms with van der Waals surface area (Å²) in [5.74, 6) is 0.883. The molecule has 2 heterocycles. The van der Waals surface area contributed by atoms with Crippen LogP contribution in [-0.4, -0.2) is 22.6 Å². The summed E-state index contributed by atoms with van der Waals surface area (Å²) in [7, 11) is 0. The van der Waals surface area contributed by atoms with Crippen molar-refractivity contribution in [2.75, 3.05) is 6.54 Å². The number of aryl methyl sites for hydroxylation is 1. The van der Waals surface area contributed by atoms with Gasteiger partial charge in [0.1, 0.15) is 5.76 Å². The Balaban J connectivity index is 1.49. The van der Waals surface area contributed by atoms with Crippen molar-refractivity contribution < 1.29 is 9.21 Å². The number of aromatic amines is 1. The van der Waals surface area contributed by atoms with E-state index in [1.54, 1.807) is 12.5 Å². The van der Waals surface area contributed by atoms with Crippen LogP contribution >= 0.6 is 0 Å². The SMILES string of the molecule is O=C(NCCCc1ccco1)c1ccc(-c2ccn[nH]2)cc1. The van der Waals surface area contributed by atoms with Gasteiger partial charge in [0.15, 0.2) is 0 Å². The number of aromatic nitrogens is 2. The monoisotopic (exact) mass is 295 g/mol. The summed E-state index contributed by atoms with van der Waals surface area (Å²) >= 11 is 0. The summed E-state index contributed by atoms with van der Waals surface area (Å²) in [6, 6.07) is 13.2. The van der Waals surface area contributed by atoms with Crippen molar-refractivity contribution in [3.05, 3.63) is 66.2 Å². The zero-order valence-electron chi connectivity index (χ0n) is 12.1. The van der Waals surface area contributed by atoms with E-state index in [1.807, 2.05) is 42.5 Å². The first-order chi connectivity index (χ1) is 10.8. The molecular weight excluding hydrogens is 278 g/mol. The molecule has 0 saturated carbocycles. The van der Waals surface area contributed by atoms with Gasteiger partial charge in [0.25, 0.3) is 5.91 Å². The van der Waals surface area contributed by atoms with Crippen LogP contribution in [0, 0.1) is 0 Å². The maximum atomic E-state index is 12.0. The lowest BCUT2D eigenvalue weighted by atomic mass is 10.1. The topological polar surface area (TPSA) is 70.9 Å². The van der Waals surface area contributed by atoms with Gasteiger partial charge in [-0.25, -0.2) is 0 Å². The summed E-state index contributed by atoms with van der Waals surface area (Å²) in [6.45, 7) is 0.627. The number of hydrogen-bond donors (Lipinski definition) is 2. The lowest BCUT2D eigenvalue weighted by molar-refractivity contribution is 0.0953. The Labute approximate surface area is 128 Å². The molecule has 0 radical (unpaired) electrons. The number of nitrogens with zero attached hydrogens (tertiary/aromatic N) is 1. The van der Waals surface area contributed by atoms with Gasteiger partial charge in [0.2, 0.25) is 0 Å². The molecule has 0 saturated heterocycles. The van der Waals surface area contributed by atoms with E-state index in [4.69, 9.17) is 4.42 Å². The summed E-state index contributed by atoms with van der Waals surface area (Å²) in [5, 5.41) is 9.73. The molecule has 3 aromatic rings. The fraction of sp³-hybridized carbons (Fsp3) is 0.176. The van der Waals surface area contributed by atoms with Gasteiger partial charge >= 0.3 is 0 Å². The van der Waals surface area contributed by atoms with Crippen LogP contribution in [0.15, 0.2) is 59.3 Å². The molecule has 0 spiro atoms. The van der Waals surface area contributed by atoms with Crippen molar-refractivity contribution in [1.29, 1.82) is 0 Å². The number of benzene rings is 1. The predicted molar refractivity (Wildman–Crippen MR) is 83.4 cm³/mol. The Morgan fingerprint density at radius 1 is 1.18 bits per heavy atom. The Bertz CT molecular complexity index is 701. The van der Waals surface area contributed by atoms with E-state index in [9.17, 15) is 4.79 Å². The van der Waals surface area contributed by atoms with Crippen LogP contribution in [-0.2, 0) is 6.42 Å². The molecule has 5 heteroatoms. The van der Waals surface area contributed by atoms with Crippen molar-refractivity contribution in [3.63, 3.8) is 0 Å². The van der Waals surface area contributed by atoms with Gasteiger partial charge in [-0.05, 0) is 42.3 Å². The minimum atomic E-state index is -0.0596. The molecule has 22 heavy (non-hydrogen) atoms. The standard InChI is InChI=1S/C17H17N3O2/c21-17(18-10-1-3-15-4-2-12-22-15)14-7-5-13(6-8-14)16-9-11-19-20-16/h2,4-9,11-12H,1,3,10H2,(H,18,21)(H,19,20). The average Bonchev–Trinajstić information content (AvgIpc) is 3.25. The first-order valence-electron chi connectivity index (χ1n) is 7.23. The molecule has 0 aliphatic carbocycles. The van der Waals surface area contributed by atoms with Gasteiger partial charge in [0, 0.05) is 24.7 Å². The summed E-state index contributed by atoms with van der Waals surface area (Å²) < 4.78 is 5.25. The fourth-order valence-electron chi connectivity index (χ4n) is 2.24. The molecule has 5 nitrogen and oxygen atoms in total. The second-order valence-corrected chi connectivity index (χ2v) is 4.99. The number of carbonyl (C=O) groups is 1. The second kappa shape index (κ2) is 6.76.